The number of nitrogens with one attached hydrogen (secondary N) is 3. The Bertz CT molecular complexity index is 2130. The number of aryl methyl sites for hydroxylation is 1. The fourth-order valence-electron chi connectivity index (χ4n) is 8.99. The van der Waals surface area contributed by atoms with Crippen LogP contribution in [-0.4, -0.2) is 82.7 Å². The van der Waals surface area contributed by atoms with Crippen molar-refractivity contribution in [3.05, 3.63) is 47.4 Å². The highest BCUT2D eigenvalue weighted by atomic mass is 32.2. The molecular weight excluding hydrogens is 742 g/mol. The van der Waals surface area contributed by atoms with E-state index in [9.17, 15) is 27.6 Å². The molecule has 1 spiro atoms. The summed E-state index contributed by atoms with van der Waals surface area (Å²) in [6.45, 7) is 1.62. The molecule has 2 aromatic rings. The zero-order chi connectivity index (χ0) is 39.0. The molecule has 5 fully saturated rings. The number of hydrogen-bond acceptors (Lipinski definition) is 9. The Morgan fingerprint density at radius 2 is 1.84 bits per heavy atom. The van der Waals surface area contributed by atoms with E-state index >= 15 is 4.39 Å². The van der Waals surface area contributed by atoms with Crippen LogP contribution in [0.2, 0.25) is 0 Å². The van der Waals surface area contributed by atoms with E-state index in [2.05, 4.69) is 15.4 Å². The van der Waals surface area contributed by atoms with Gasteiger partial charge in [-0.2, -0.15) is 0 Å². The molecule has 3 aliphatic heterocycles. The van der Waals surface area contributed by atoms with E-state index in [1.807, 2.05) is 18.2 Å². The average Bonchev–Trinajstić information content (AvgIpc) is 4.08. The summed E-state index contributed by atoms with van der Waals surface area (Å²) in [4.78, 5) is 62.8. The van der Waals surface area contributed by atoms with Crippen LogP contribution >= 0.6 is 0 Å². The van der Waals surface area contributed by atoms with Gasteiger partial charge in [0.05, 0.1) is 17.0 Å². The van der Waals surface area contributed by atoms with E-state index in [1.54, 1.807) is 13.0 Å². The van der Waals surface area contributed by atoms with Gasteiger partial charge >= 0.3 is 6.09 Å². The predicted octanol–water partition coefficient (Wildman–Crippen LogP) is 4.96. The summed E-state index contributed by atoms with van der Waals surface area (Å²) in [6, 6.07) is 2.81. The number of nitrogens with zero attached hydrogens (tertiary/aromatic N) is 2. The summed E-state index contributed by atoms with van der Waals surface area (Å²) < 4.78 is 55.4. The molecule has 9 rings (SSSR count). The fraction of sp³-hybridized carbons (Fsp3) is 0.634. The van der Waals surface area contributed by atoms with E-state index in [4.69, 9.17) is 14.5 Å². The number of fused-ring (bicyclic) bond motifs is 5. The molecule has 0 unspecified atom stereocenters. The van der Waals surface area contributed by atoms with E-state index in [0.717, 1.165) is 50.5 Å². The second-order valence-corrected chi connectivity index (χ2v) is 19.8. The van der Waals surface area contributed by atoms with Crippen molar-refractivity contribution in [3.8, 4) is 5.75 Å². The summed E-state index contributed by atoms with van der Waals surface area (Å²) in [7, 11) is -4.00. The minimum atomic E-state index is -4.00. The molecular formula is C41H50FN5O8S. The van der Waals surface area contributed by atoms with Crippen LogP contribution in [0, 0.1) is 11.7 Å². The first kappa shape index (κ1) is 37.3. The van der Waals surface area contributed by atoms with Gasteiger partial charge in [-0.1, -0.05) is 37.1 Å². The highest BCUT2D eigenvalue weighted by Gasteiger charge is 2.64. The summed E-state index contributed by atoms with van der Waals surface area (Å²) in [6.07, 6.45) is 12.6. The minimum Gasteiger partial charge on any atom is -0.483 e. The summed E-state index contributed by atoms with van der Waals surface area (Å²) in [5.41, 5.74) is -0.703. The largest absolute Gasteiger partial charge is 0.483 e. The van der Waals surface area contributed by atoms with E-state index in [1.165, 1.54) is 11.0 Å². The lowest BCUT2D eigenvalue weighted by Gasteiger charge is -2.37. The SMILES string of the molecule is CC1(S(=O)(=O)NC(=O)[C@@]23C[C@H]2/C=C\CCCCC[C@H](NC(=O)OC2CCC2)C(=O)N2C[C@@]4(CCc5c(c(C6CC6)nc6c(F)cccc56)O4)C[C@H]2C(=O)N3)CC1. The van der Waals surface area contributed by atoms with Crippen molar-refractivity contribution in [3.63, 3.8) is 0 Å². The number of pyridine rings is 1. The Morgan fingerprint density at radius 1 is 1.04 bits per heavy atom. The van der Waals surface area contributed by atoms with Crippen LogP contribution in [-0.2, 0) is 35.6 Å². The third-order valence-electron chi connectivity index (χ3n) is 13.4. The molecule has 4 aliphatic carbocycles. The number of aromatic nitrogens is 1. The molecule has 0 radical (unpaired) electrons. The normalized spacial score (nSPS) is 32.0. The molecule has 56 heavy (non-hydrogen) atoms. The summed E-state index contributed by atoms with van der Waals surface area (Å²) >= 11 is 0. The van der Waals surface area contributed by atoms with Gasteiger partial charge in [0, 0.05) is 29.2 Å². The van der Waals surface area contributed by atoms with Crippen molar-refractivity contribution in [1.82, 2.24) is 25.2 Å². The van der Waals surface area contributed by atoms with Gasteiger partial charge < -0.3 is 25.0 Å². The van der Waals surface area contributed by atoms with E-state index < -0.39 is 73.5 Å². The number of halogens is 1. The molecule has 7 aliphatic rings. The molecule has 1 aromatic heterocycles. The Balaban J connectivity index is 1.06. The number of carbonyl (C=O) groups is 4. The molecule has 1 saturated heterocycles. The first-order chi connectivity index (χ1) is 26.8. The summed E-state index contributed by atoms with van der Waals surface area (Å²) in [5.74, 6) is -1.99. The second kappa shape index (κ2) is 13.7. The number of para-hydroxylation sites is 1. The average molecular weight is 792 g/mol. The standard InChI is InChI=1S/C41H50FN5O8S/c1-39(19-20-39)56(52,53)46-37(50)41-21-25(41)9-5-3-2-4-6-14-30(43-38(51)54-26-10-7-11-26)36(49)47-23-40(22-31(47)35(48)45-41)18-17-28-27-12-8-13-29(42)33(27)44-32(24-15-16-24)34(28)55-40/h5,8-9,12-13,24-26,30-31H,2-4,6-7,10-11,14-23H2,1H3,(H,43,51)(H,45,48)(H,46,50)/b9-5-/t25-,30+,31+,40-,41-/m1/s1. The monoisotopic (exact) mass is 791 g/mol. The third-order valence-corrected chi connectivity index (χ3v) is 15.6. The van der Waals surface area contributed by atoms with Crippen molar-refractivity contribution >= 4 is 44.7 Å². The molecule has 4 amide bonds. The van der Waals surface area contributed by atoms with Crippen LogP contribution in [0.5, 0.6) is 5.75 Å². The number of amides is 4. The number of ether oxygens (including phenoxy) is 2. The lowest BCUT2D eigenvalue weighted by Crippen LogP contribution is -2.58. The third kappa shape index (κ3) is 6.70. The van der Waals surface area contributed by atoms with Crippen molar-refractivity contribution in [1.29, 1.82) is 0 Å². The lowest BCUT2D eigenvalue weighted by molar-refractivity contribution is -0.141. The maximum absolute atomic E-state index is 15.1. The van der Waals surface area contributed by atoms with Gasteiger partial charge in [0.2, 0.25) is 21.8 Å². The van der Waals surface area contributed by atoms with Crippen molar-refractivity contribution in [2.24, 2.45) is 5.92 Å². The number of carbonyl (C=O) groups excluding carboxylic acids is 4. The molecule has 3 N–H and O–H groups in total. The Kier molecular flexibility index (Phi) is 9.12. The minimum absolute atomic E-state index is 0.0275. The van der Waals surface area contributed by atoms with Crippen LogP contribution in [0.3, 0.4) is 0 Å². The molecule has 13 nitrogen and oxygen atoms in total. The van der Waals surface area contributed by atoms with Gasteiger partial charge in [0.15, 0.2) is 0 Å². The predicted molar refractivity (Wildman–Crippen MR) is 202 cm³/mol. The second-order valence-electron chi connectivity index (χ2n) is 17.6. The number of hydrogen-bond donors (Lipinski definition) is 3. The topological polar surface area (TPSA) is 173 Å². The molecule has 5 atom stereocenters. The first-order valence-electron chi connectivity index (χ1n) is 20.4. The fourth-order valence-corrected chi connectivity index (χ4v) is 10.3. The van der Waals surface area contributed by atoms with Crippen molar-refractivity contribution < 1.29 is 41.5 Å². The van der Waals surface area contributed by atoms with Gasteiger partial charge in [-0.25, -0.2) is 22.6 Å². The molecule has 0 bridgehead atoms. The van der Waals surface area contributed by atoms with Crippen LogP contribution < -0.4 is 20.1 Å². The van der Waals surface area contributed by atoms with Crippen LogP contribution in [0.4, 0.5) is 9.18 Å². The van der Waals surface area contributed by atoms with Crippen molar-refractivity contribution in [2.45, 2.75) is 150 Å². The molecule has 1 aromatic carbocycles. The highest BCUT2D eigenvalue weighted by Crippen LogP contribution is 2.52. The maximum atomic E-state index is 15.1. The quantitative estimate of drug-likeness (QED) is 0.342. The first-order valence-corrected chi connectivity index (χ1v) is 21.9. The number of allylic oxidation sites excluding steroid dienone is 1. The van der Waals surface area contributed by atoms with E-state index in [0.29, 0.717) is 67.3 Å². The molecule has 15 heteroatoms. The molecule has 4 heterocycles. The zero-order valence-corrected chi connectivity index (χ0v) is 32.6. The van der Waals surface area contributed by atoms with Crippen LogP contribution in [0.1, 0.15) is 120 Å². The Morgan fingerprint density at radius 3 is 2.57 bits per heavy atom. The van der Waals surface area contributed by atoms with Gasteiger partial charge in [-0.05, 0) is 96.5 Å². The summed E-state index contributed by atoms with van der Waals surface area (Å²) in [5, 5.41) is 6.45. The number of sulfonamides is 1. The van der Waals surface area contributed by atoms with E-state index in [-0.39, 0.29) is 31.4 Å². The van der Waals surface area contributed by atoms with Gasteiger partial charge in [-0.3, -0.25) is 19.1 Å². The van der Waals surface area contributed by atoms with Gasteiger partial charge in [-0.15, -0.1) is 0 Å². The van der Waals surface area contributed by atoms with Crippen LogP contribution in [0.25, 0.3) is 10.9 Å². The Hall–Kier alpha value is -4.27. The number of alkyl carbamates (subject to hydrolysis) is 1. The van der Waals surface area contributed by atoms with Crippen LogP contribution in [0.15, 0.2) is 30.4 Å². The maximum Gasteiger partial charge on any atom is 0.408 e. The zero-order valence-electron chi connectivity index (χ0n) is 31.7. The Labute approximate surface area is 325 Å². The van der Waals surface area contributed by atoms with Gasteiger partial charge in [0.25, 0.3) is 5.91 Å². The van der Waals surface area contributed by atoms with Gasteiger partial charge in [0.1, 0.15) is 46.4 Å². The smallest absolute Gasteiger partial charge is 0.408 e. The van der Waals surface area contributed by atoms with Crippen molar-refractivity contribution in [2.75, 3.05) is 6.54 Å². The highest BCUT2D eigenvalue weighted by molar-refractivity contribution is 7.91. The molecule has 4 saturated carbocycles. The number of rotatable bonds is 6. The molecule has 300 valence electrons. The lowest BCUT2D eigenvalue weighted by atomic mass is 9.86. The number of benzene rings is 1.